The third kappa shape index (κ3) is 3.86. The van der Waals surface area contributed by atoms with E-state index in [2.05, 4.69) is 9.99 Å². The molecule has 1 aromatic carbocycles. The van der Waals surface area contributed by atoms with Crippen LogP contribution in [0.2, 0.25) is 0 Å². The van der Waals surface area contributed by atoms with Crippen molar-refractivity contribution in [3.05, 3.63) is 35.4 Å². The summed E-state index contributed by atoms with van der Waals surface area (Å²) in [6, 6.07) is 5.36. The molecule has 1 aromatic rings. The normalized spacial score (nSPS) is 22.4. The Bertz CT molecular complexity index is 568. The zero-order chi connectivity index (χ0) is 16.6. The molecule has 0 saturated heterocycles. The fourth-order valence-electron chi connectivity index (χ4n) is 1.69. The second kappa shape index (κ2) is 5.65. The lowest BCUT2D eigenvalue weighted by molar-refractivity contribution is -0.355. The molecular weight excluding hydrogens is 336 g/mol. The van der Waals surface area contributed by atoms with E-state index in [9.17, 15) is 31.4 Å². The fourth-order valence-corrected chi connectivity index (χ4v) is 2.21. The van der Waals surface area contributed by atoms with Gasteiger partial charge in [0.1, 0.15) is 0 Å². The number of nitrogens with zero attached hydrogens (tertiary/aromatic N) is 1. The molecule has 0 aliphatic carbocycles. The van der Waals surface area contributed by atoms with Gasteiger partial charge in [0.15, 0.2) is 0 Å². The minimum atomic E-state index is -5.00. The summed E-state index contributed by atoms with van der Waals surface area (Å²) in [5.74, 6) is -3.67. The molecule has 0 amide bonds. The molecule has 0 radical (unpaired) electrons. The SMILES string of the molecule is OC1(C(F)(F)F)CC(c2ccc(CSC(F)(F)F)cc2)=NO1. The Morgan fingerprint density at radius 3 is 2.18 bits per heavy atom. The van der Waals surface area contributed by atoms with Crippen LogP contribution in [0, 0.1) is 0 Å². The summed E-state index contributed by atoms with van der Waals surface area (Å²) >= 11 is -0.216. The molecule has 1 aliphatic heterocycles. The molecule has 0 saturated carbocycles. The van der Waals surface area contributed by atoms with E-state index in [0.717, 1.165) is 0 Å². The van der Waals surface area contributed by atoms with Crippen molar-refractivity contribution in [3.8, 4) is 0 Å². The van der Waals surface area contributed by atoms with Crippen LogP contribution in [0.15, 0.2) is 29.4 Å². The molecule has 1 atom stereocenters. The molecule has 3 nitrogen and oxygen atoms in total. The van der Waals surface area contributed by atoms with Crippen molar-refractivity contribution in [1.29, 1.82) is 0 Å². The molecule has 2 rings (SSSR count). The van der Waals surface area contributed by atoms with Crippen molar-refractivity contribution in [1.82, 2.24) is 0 Å². The summed E-state index contributed by atoms with van der Waals surface area (Å²) in [4.78, 5) is 4.06. The Hall–Kier alpha value is -1.42. The monoisotopic (exact) mass is 345 g/mol. The third-order valence-corrected chi connectivity index (χ3v) is 3.65. The van der Waals surface area contributed by atoms with Crippen LogP contribution in [0.4, 0.5) is 26.3 Å². The smallest absolute Gasteiger partial charge is 0.350 e. The number of benzene rings is 1. The lowest BCUT2D eigenvalue weighted by Gasteiger charge is -2.22. The summed E-state index contributed by atoms with van der Waals surface area (Å²) in [5.41, 5.74) is -3.89. The van der Waals surface area contributed by atoms with E-state index in [-0.39, 0.29) is 28.8 Å². The topological polar surface area (TPSA) is 41.8 Å². The van der Waals surface area contributed by atoms with Gasteiger partial charge in [0.25, 0.3) is 0 Å². The first-order valence-corrected chi connectivity index (χ1v) is 6.83. The van der Waals surface area contributed by atoms with Gasteiger partial charge in [0, 0.05) is 5.75 Å². The number of alkyl halides is 6. The lowest BCUT2D eigenvalue weighted by atomic mass is 10.0. The summed E-state index contributed by atoms with van der Waals surface area (Å²) in [7, 11) is 0. The number of halogens is 6. The molecule has 0 spiro atoms. The Morgan fingerprint density at radius 1 is 1.14 bits per heavy atom. The molecule has 1 heterocycles. The Labute approximate surface area is 124 Å². The van der Waals surface area contributed by atoms with E-state index in [4.69, 9.17) is 0 Å². The quantitative estimate of drug-likeness (QED) is 0.847. The first-order valence-electron chi connectivity index (χ1n) is 5.84. The Kier molecular flexibility index (Phi) is 4.35. The summed E-state index contributed by atoms with van der Waals surface area (Å²) in [5, 5.41) is 12.5. The van der Waals surface area contributed by atoms with Crippen molar-refractivity contribution in [2.45, 2.75) is 29.6 Å². The van der Waals surface area contributed by atoms with Crippen molar-refractivity contribution in [3.63, 3.8) is 0 Å². The first-order chi connectivity index (χ1) is 10.0. The van der Waals surface area contributed by atoms with Crippen molar-refractivity contribution >= 4 is 17.5 Å². The maximum Gasteiger partial charge on any atom is 0.458 e. The molecule has 10 heteroatoms. The van der Waals surface area contributed by atoms with Crippen LogP contribution in [0.1, 0.15) is 17.5 Å². The molecule has 0 bridgehead atoms. The standard InChI is InChI=1S/C12H9F6NO2S/c13-11(14,15)10(20)5-9(19-21-10)8-3-1-7(2-4-8)6-22-12(16,17)18/h1-4,20H,5-6H2. The zero-order valence-electron chi connectivity index (χ0n) is 10.7. The van der Waals surface area contributed by atoms with E-state index in [1.165, 1.54) is 24.3 Å². The van der Waals surface area contributed by atoms with Crippen LogP contribution >= 0.6 is 11.8 Å². The predicted octanol–water partition coefficient (Wildman–Crippen LogP) is 3.81. The van der Waals surface area contributed by atoms with Gasteiger partial charge < -0.3 is 9.94 Å². The highest BCUT2D eigenvalue weighted by molar-refractivity contribution is 7.99. The van der Waals surface area contributed by atoms with Gasteiger partial charge >= 0.3 is 17.5 Å². The highest BCUT2D eigenvalue weighted by atomic mass is 32.2. The highest BCUT2D eigenvalue weighted by Gasteiger charge is 2.60. The molecule has 0 fully saturated rings. The summed E-state index contributed by atoms with van der Waals surface area (Å²) in [6.07, 6.45) is -5.88. The van der Waals surface area contributed by atoms with Gasteiger partial charge in [-0.3, -0.25) is 0 Å². The van der Waals surface area contributed by atoms with Crippen LogP contribution in [0.25, 0.3) is 0 Å². The largest absolute Gasteiger partial charge is 0.458 e. The van der Waals surface area contributed by atoms with Crippen molar-refractivity contribution in [2.24, 2.45) is 5.16 Å². The maximum absolute atomic E-state index is 12.6. The lowest BCUT2D eigenvalue weighted by Crippen LogP contribution is -2.45. The minimum absolute atomic E-state index is 0.130. The first kappa shape index (κ1) is 16.9. The maximum atomic E-state index is 12.6. The third-order valence-electron chi connectivity index (χ3n) is 2.85. The molecule has 22 heavy (non-hydrogen) atoms. The number of rotatable bonds is 3. The number of aliphatic hydroxyl groups is 1. The van der Waals surface area contributed by atoms with Gasteiger partial charge in [0.05, 0.1) is 12.1 Å². The molecule has 0 aromatic heterocycles. The molecule has 1 N–H and O–H groups in total. The van der Waals surface area contributed by atoms with Crippen LogP contribution in [-0.2, 0) is 10.6 Å². The van der Waals surface area contributed by atoms with Crippen LogP contribution < -0.4 is 0 Å². The van der Waals surface area contributed by atoms with Gasteiger partial charge in [-0.05, 0) is 22.9 Å². The Balaban J connectivity index is 2.03. The fraction of sp³-hybridized carbons (Fsp3) is 0.417. The van der Waals surface area contributed by atoms with Gasteiger partial charge in [-0.1, -0.05) is 29.4 Å². The highest BCUT2D eigenvalue weighted by Crippen LogP contribution is 2.39. The van der Waals surface area contributed by atoms with Crippen LogP contribution in [0.5, 0.6) is 0 Å². The zero-order valence-corrected chi connectivity index (χ0v) is 11.5. The van der Waals surface area contributed by atoms with E-state index in [1.807, 2.05) is 0 Å². The van der Waals surface area contributed by atoms with Gasteiger partial charge in [-0.2, -0.15) is 26.3 Å². The number of oxime groups is 1. The van der Waals surface area contributed by atoms with Crippen LogP contribution in [-0.4, -0.2) is 28.3 Å². The van der Waals surface area contributed by atoms with E-state index in [0.29, 0.717) is 5.56 Å². The van der Waals surface area contributed by atoms with E-state index < -0.39 is 23.9 Å². The molecular formula is C12H9F6NO2S. The number of hydrogen-bond acceptors (Lipinski definition) is 4. The molecule has 1 aliphatic rings. The summed E-state index contributed by atoms with van der Waals surface area (Å²) < 4.78 is 73.8. The van der Waals surface area contributed by atoms with Crippen molar-refractivity contribution < 1.29 is 36.3 Å². The average molecular weight is 345 g/mol. The Morgan fingerprint density at radius 2 is 1.73 bits per heavy atom. The summed E-state index contributed by atoms with van der Waals surface area (Å²) in [6.45, 7) is 0. The molecule has 1 unspecified atom stereocenters. The van der Waals surface area contributed by atoms with Crippen LogP contribution in [0.3, 0.4) is 0 Å². The average Bonchev–Trinajstić information content (AvgIpc) is 2.80. The minimum Gasteiger partial charge on any atom is -0.350 e. The number of thioether (sulfide) groups is 1. The van der Waals surface area contributed by atoms with E-state index >= 15 is 0 Å². The second-order valence-electron chi connectivity index (χ2n) is 4.52. The second-order valence-corrected chi connectivity index (χ2v) is 5.56. The molecule has 122 valence electrons. The van der Waals surface area contributed by atoms with E-state index in [1.54, 1.807) is 0 Å². The van der Waals surface area contributed by atoms with Gasteiger partial charge in [-0.25, -0.2) is 0 Å². The number of hydrogen-bond donors (Lipinski definition) is 1. The van der Waals surface area contributed by atoms with Gasteiger partial charge in [0.2, 0.25) is 0 Å². The van der Waals surface area contributed by atoms with Crippen molar-refractivity contribution in [2.75, 3.05) is 0 Å². The predicted molar refractivity (Wildman–Crippen MR) is 67.0 cm³/mol. The van der Waals surface area contributed by atoms with Gasteiger partial charge in [-0.15, -0.1) is 0 Å².